The highest BCUT2D eigenvalue weighted by Gasteiger charge is 2.41. The Bertz CT molecular complexity index is 1800. The van der Waals surface area contributed by atoms with E-state index in [0.717, 1.165) is 22.3 Å². The minimum Gasteiger partial charge on any atom is -0.481 e. The van der Waals surface area contributed by atoms with Crippen LogP contribution in [0.3, 0.4) is 0 Å². The number of carbonyl (C=O) groups excluding carboxylic acids is 1. The monoisotopic (exact) mass is 572 g/mol. The van der Waals surface area contributed by atoms with E-state index in [1.807, 2.05) is 36.4 Å². The predicted octanol–water partition coefficient (Wildman–Crippen LogP) is 6.43. The maximum atomic E-state index is 14.0. The number of anilines is 1. The van der Waals surface area contributed by atoms with Crippen LogP contribution in [0.15, 0.2) is 85.3 Å². The van der Waals surface area contributed by atoms with Crippen LogP contribution in [0.1, 0.15) is 39.7 Å². The number of benzene rings is 1. The highest BCUT2D eigenvalue weighted by Crippen LogP contribution is 2.38. The maximum absolute atomic E-state index is 14.0. The van der Waals surface area contributed by atoms with E-state index in [0.29, 0.717) is 22.6 Å². The van der Waals surface area contributed by atoms with E-state index in [1.165, 1.54) is 3.97 Å². The van der Waals surface area contributed by atoms with Gasteiger partial charge in [-0.15, -0.1) is 0 Å². The summed E-state index contributed by atoms with van der Waals surface area (Å²) >= 11 is 0. The number of ether oxygens (including phenoxy) is 2. The molecule has 0 fully saturated rings. The Morgan fingerprint density at radius 3 is 2.61 bits per heavy atom. The van der Waals surface area contributed by atoms with Gasteiger partial charge in [0.2, 0.25) is 15.9 Å². The molecule has 10 heteroatoms. The molecule has 1 aliphatic rings. The first-order chi connectivity index (χ1) is 19.4. The van der Waals surface area contributed by atoms with Crippen molar-refractivity contribution in [3.05, 3.63) is 90.9 Å². The molecular weight excluding hydrogens is 540 g/mol. The molecule has 0 radical (unpaired) electrons. The number of rotatable bonds is 6. The van der Waals surface area contributed by atoms with Gasteiger partial charge in [-0.1, -0.05) is 30.4 Å². The largest absolute Gasteiger partial charge is 0.481 e. The van der Waals surface area contributed by atoms with Gasteiger partial charge < -0.3 is 9.47 Å². The van der Waals surface area contributed by atoms with Crippen LogP contribution in [0.2, 0.25) is 0 Å². The lowest BCUT2D eigenvalue weighted by Gasteiger charge is -2.30. The standard InChI is InChI=1S/C31H32N4O5S/c1-30(2,3)40-29(36)34-26-10-6-8-21(17-26)25-16-23-12-15-35(28(23)33-20-25)41(37,38)31(4)13-7-9-24(19-31)22-11-14-32-27(18-22)39-5/h6-18,20H,19H2,1-5H3,(H,34,36). The van der Waals surface area contributed by atoms with Gasteiger partial charge in [-0.3, -0.25) is 5.32 Å². The summed E-state index contributed by atoms with van der Waals surface area (Å²) in [6.45, 7) is 7.12. The lowest BCUT2D eigenvalue weighted by molar-refractivity contribution is 0.0636. The molecule has 1 aromatic carbocycles. The smallest absolute Gasteiger partial charge is 0.412 e. The molecule has 1 unspecified atom stereocenters. The summed E-state index contributed by atoms with van der Waals surface area (Å²) in [5.41, 5.74) is 3.61. The molecule has 5 rings (SSSR count). The molecule has 3 heterocycles. The molecule has 0 spiro atoms. The lowest BCUT2D eigenvalue weighted by Crippen LogP contribution is -2.38. The number of pyridine rings is 2. The number of nitrogens with zero attached hydrogens (tertiary/aromatic N) is 3. The summed E-state index contributed by atoms with van der Waals surface area (Å²) in [6, 6.07) is 14.6. The van der Waals surface area contributed by atoms with Crippen molar-refractivity contribution in [1.29, 1.82) is 0 Å². The summed E-state index contributed by atoms with van der Waals surface area (Å²) < 4.78 is 38.7. The van der Waals surface area contributed by atoms with Crippen molar-refractivity contribution in [3.8, 4) is 17.0 Å². The van der Waals surface area contributed by atoms with Crippen LogP contribution in [-0.4, -0.2) is 45.9 Å². The van der Waals surface area contributed by atoms with Crippen LogP contribution in [-0.2, 0) is 14.8 Å². The van der Waals surface area contributed by atoms with E-state index in [1.54, 1.807) is 83.7 Å². The van der Waals surface area contributed by atoms with Gasteiger partial charge in [-0.05, 0) is 81.1 Å². The van der Waals surface area contributed by atoms with E-state index in [2.05, 4.69) is 15.3 Å². The summed E-state index contributed by atoms with van der Waals surface area (Å²) in [5.74, 6) is 0.463. The van der Waals surface area contributed by atoms with Gasteiger partial charge in [-0.25, -0.2) is 27.2 Å². The zero-order valence-corrected chi connectivity index (χ0v) is 24.4. The second kappa shape index (κ2) is 10.5. The Balaban J connectivity index is 1.42. The van der Waals surface area contributed by atoms with Crippen LogP contribution < -0.4 is 10.1 Å². The highest BCUT2D eigenvalue weighted by molar-refractivity contribution is 7.91. The molecule has 0 saturated heterocycles. The Kier molecular flexibility index (Phi) is 7.21. The van der Waals surface area contributed by atoms with Gasteiger partial charge in [-0.2, -0.15) is 0 Å². The minimum atomic E-state index is -3.90. The topological polar surface area (TPSA) is 112 Å². The second-order valence-corrected chi connectivity index (χ2v) is 13.4. The normalized spacial score (nSPS) is 17.2. The molecule has 1 N–H and O–H groups in total. The molecule has 0 aliphatic heterocycles. The van der Waals surface area contributed by atoms with Gasteiger partial charge in [0.25, 0.3) is 0 Å². The fourth-order valence-electron chi connectivity index (χ4n) is 4.73. The lowest BCUT2D eigenvalue weighted by atomic mass is 9.91. The fraction of sp³-hybridized carbons (Fsp3) is 0.258. The van der Waals surface area contributed by atoms with E-state index in [9.17, 15) is 13.2 Å². The summed E-state index contributed by atoms with van der Waals surface area (Å²) in [5, 5.41) is 3.42. The molecule has 1 atom stereocenters. The van der Waals surface area contributed by atoms with Crippen molar-refractivity contribution < 1.29 is 22.7 Å². The fourth-order valence-corrected chi connectivity index (χ4v) is 6.37. The molecular formula is C31H32N4O5S. The number of hydrogen-bond acceptors (Lipinski definition) is 7. The molecule has 212 valence electrons. The van der Waals surface area contributed by atoms with Crippen molar-refractivity contribution >= 4 is 38.4 Å². The van der Waals surface area contributed by atoms with Gasteiger partial charge in [0, 0.05) is 41.3 Å². The summed E-state index contributed by atoms with van der Waals surface area (Å²) in [4.78, 5) is 20.9. The number of fused-ring (bicyclic) bond motifs is 1. The van der Waals surface area contributed by atoms with E-state index >= 15 is 0 Å². The first-order valence-electron chi connectivity index (χ1n) is 13.1. The average molecular weight is 573 g/mol. The van der Waals surface area contributed by atoms with Crippen molar-refractivity contribution in [3.63, 3.8) is 0 Å². The first-order valence-corrected chi connectivity index (χ1v) is 14.5. The molecule has 41 heavy (non-hydrogen) atoms. The SMILES string of the molecule is COc1cc(C2=CC=CC(C)(S(=O)(=O)n3ccc4cc(-c5cccc(NC(=O)OC(C)(C)C)c5)cnc43)C2)ccn1. The van der Waals surface area contributed by atoms with E-state index in [-0.39, 0.29) is 6.42 Å². The van der Waals surface area contributed by atoms with Crippen molar-refractivity contribution in [2.45, 2.75) is 44.5 Å². The molecule has 9 nitrogen and oxygen atoms in total. The number of methoxy groups -OCH3 is 1. The van der Waals surface area contributed by atoms with Gasteiger partial charge in [0.05, 0.1) is 7.11 Å². The second-order valence-electron chi connectivity index (χ2n) is 11.1. The number of amides is 1. The minimum absolute atomic E-state index is 0.272. The van der Waals surface area contributed by atoms with Gasteiger partial charge in [0.1, 0.15) is 10.3 Å². The molecule has 0 bridgehead atoms. The Morgan fingerprint density at radius 2 is 1.85 bits per heavy atom. The number of hydrogen-bond donors (Lipinski definition) is 1. The summed E-state index contributed by atoms with van der Waals surface area (Å²) in [6.07, 6.45) is 9.95. The third-order valence-electron chi connectivity index (χ3n) is 6.79. The Labute approximate surface area is 239 Å². The molecule has 1 aliphatic carbocycles. The van der Waals surface area contributed by atoms with Crippen molar-refractivity contribution in [1.82, 2.24) is 13.9 Å². The number of nitrogens with one attached hydrogen (secondary N) is 1. The third-order valence-corrected chi connectivity index (χ3v) is 9.06. The zero-order chi connectivity index (χ0) is 29.4. The maximum Gasteiger partial charge on any atom is 0.412 e. The molecule has 3 aromatic heterocycles. The molecule has 1 amide bonds. The Hall–Kier alpha value is -4.44. The van der Waals surface area contributed by atoms with Crippen molar-refractivity contribution in [2.24, 2.45) is 0 Å². The predicted molar refractivity (Wildman–Crippen MR) is 160 cm³/mol. The van der Waals surface area contributed by atoms with Gasteiger partial charge in [0.15, 0.2) is 5.65 Å². The number of carbonyl (C=O) groups is 1. The summed E-state index contributed by atoms with van der Waals surface area (Å²) in [7, 11) is -2.35. The quantitative estimate of drug-likeness (QED) is 0.283. The molecule has 4 aromatic rings. The van der Waals surface area contributed by atoms with Crippen LogP contribution in [0, 0.1) is 0 Å². The average Bonchev–Trinajstić information content (AvgIpc) is 3.36. The van der Waals surface area contributed by atoms with Crippen LogP contribution >= 0.6 is 0 Å². The number of allylic oxidation sites excluding steroid dienone is 3. The van der Waals surface area contributed by atoms with Gasteiger partial charge >= 0.3 is 6.09 Å². The first kappa shape index (κ1) is 28.1. The number of aromatic nitrogens is 3. The molecule has 0 saturated carbocycles. The Morgan fingerprint density at radius 1 is 1.05 bits per heavy atom. The van der Waals surface area contributed by atoms with E-state index in [4.69, 9.17) is 9.47 Å². The van der Waals surface area contributed by atoms with Crippen LogP contribution in [0.25, 0.3) is 27.7 Å². The van der Waals surface area contributed by atoms with Crippen LogP contribution in [0.5, 0.6) is 5.88 Å². The highest BCUT2D eigenvalue weighted by atomic mass is 32.2. The van der Waals surface area contributed by atoms with E-state index < -0.39 is 26.5 Å². The third kappa shape index (κ3) is 5.74. The van der Waals surface area contributed by atoms with Crippen LogP contribution in [0.4, 0.5) is 10.5 Å². The van der Waals surface area contributed by atoms with Crippen molar-refractivity contribution in [2.75, 3.05) is 12.4 Å². The zero-order valence-electron chi connectivity index (χ0n) is 23.6.